The molecule has 0 aliphatic carbocycles. The fourth-order valence-electron chi connectivity index (χ4n) is 4.90. The number of nitrogens with two attached hydrogens (primary N) is 1. The van der Waals surface area contributed by atoms with Crippen LogP contribution in [-0.4, -0.2) is 55.3 Å². The summed E-state index contributed by atoms with van der Waals surface area (Å²) in [5, 5.41) is 8.54. The van der Waals surface area contributed by atoms with Gasteiger partial charge in [0.05, 0.1) is 11.4 Å². The molecule has 0 unspecified atom stereocenters. The van der Waals surface area contributed by atoms with Crippen LogP contribution in [0.5, 0.6) is 0 Å². The Bertz CT molecular complexity index is 1540. The van der Waals surface area contributed by atoms with Gasteiger partial charge in [-0.25, -0.2) is 19.4 Å². The van der Waals surface area contributed by atoms with E-state index in [2.05, 4.69) is 15.3 Å². The number of aromatic nitrogens is 4. The van der Waals surface area contributed by atoms with Crippen molar-refractivity contribution in [2.24, 2.45) is 0 Å². The number of nitrogen functional groups attached to an aromatic ring is 1. The van der Waals surface area contributed by atoms with E-state index in [0.717, 1.165) is 24.0 Å². The molecule has 0 spiro atoms. The average molecular weight is 542 g/mol. The molecule has 2 amide bonds. The minimum Gasteiger partial charge on any atom is -0.444 e. The van der Waals surface area contributed by atoms with Crippen molar-refractivity contribution in [1.29, 1.82) is 0 Å². The highest BCUT2D eigenvalue weighted by Crippen LogP contribution is 2.34. The van der Waals surface area contributed by atoms with Crippen LogP contribution >= 0.6 is 0 Å². The van der Waals surface area contributed by atoms with Crippen LogP contribution in [0.2, 0.25) is 0 Å². The van der Waals surface area contributed by atoms with Gasteiger partial charge in [0, 0.05) is 30.8 Å². The Morgan fingerprint density at radius 3 is 2.65 bits per heavy atom. The van der Waals surface area contributed by atoms with Crippen molar-refractivity contribution in [1.82, 2.24) is 30.0 Å². The zero-order valence-electron chi connectivity index (χ0n) is 23.3. The van der Waals surface area contributed by atoms with Crippen LogP contribution in [0, 0.1) is 6.92 Å². The van der Waals surface area contributed by atoms with Crippen LogP contribution in [0.15, 0.2) is 54.9 Å². The maximum absolute atomic E-state index is 13.0. The van der Waals surface area contributed by atoms with Gasteiger partial charge in [-0.1, -0.05) is 42.0 Å². The molecule has 10 nitrogen and oxygen atoms in total. The number of rotatable bonds is 5. The highest BCUT2D eigenvalue weighted by molar-refractivity contribution is 6.00. The smallest absolute Gasteiger partial charge is 0.410 e. The highest BCUT2D eigenvalue weighted by Gasteiger charge is 2.31. The number of hydrogen-bond donors (Lipinski definition) is 2. The lowest BCUT2D eigenvalue weighted by Gasteiger charge is -2.34. The van der Waals surface area contributed by atoms with Crippen LogP contribution in [0.4, 0.5) is 10.6 Å². The highest BCUT2D eigenvalue weighted by atomic mass is 16.6. The Morgan fingerprint density at radius 2 is 1.90 bits per heavy atom. The van der Waals surface area contributed by atoms with Crippen molar-refractivity contribution in [3.05, 3.63) is 71.5 Å². The SMILES string of the molecule is Cc1ccc(CNC(=O)c2cccc(-c3nn([C@@H]4CCCN(C(=O)OC(C)(C)C)C4)c4ncnc(N)c34)c2)cc1. The Hall–Kier alpha value is -4.47. The van der Waals surface area contributed by atoms with E-state index >= 15 is 0 Å². The molecular formula is C30H35N7O3. The molecule has 208 valence electrons. The van der Waals surface area contributed by atoms with Gasteiger partial charge in [-0.3, -0.25) is 4.79 Å². The first kappa shape index (κ1) is 27.1. The van der Waals surface area contributed by atoms with Gasteiger partial charge in [-0.05, 0) is 58.2 Å². The lowest BCUT2D eigenvalue weighted by Crippen LogP contribution is -2.43. The van der Waals surface area contributed by atoms with Gasteiger partial charge in [-0.2, -0.15) is 5.10 Å². The number of benzene rings is 2. The fourth-order valence-corrected chi connectivity index (χ4v) is 4.90. The number of nitrogens with one attached hydrogen (secondary N) is 1. The Kier molecular flexibility index (Phi) is 7.42. The summed E-state index contributed by atoms with van der Waals surface area (Å²) in [5.41, 5.74) is 10.4. The summed E-state index contributed by atoms with van der Waals surface area (Å²) in [5.74, 6) is 0.121. The monoisotopic (exact) mass is 541 g/mol. The molecule has 40 heavy (non-hydrogen) atoms. The normalized spacial score (nSPS) is 15.7. The van der Waals surface area contributed by atoms with E-state index in [-0.39, 0.29) is 18.0 Å². The topological polar surface area (TPSA) is 128 Å². The molecule has 1 fully saturated rings. The average Bonchev–Trinajstić information content (AvgIpc) is 3.33. The van der Waals surface area contributed by atoms with Crippen molar-refractivity contribution < 1.29 is 14.3 Å². The maximum Gasteiger partial charge on any atom is 0.410 e. The molecule has 1 aliphatic heterocycles. The molecule has 1 aliphatic rings. The second-order valence-corrected chi connectivity index (χ2v) is 11.2. The molecule has 3 heterocycles. The van der Waals surface area contributed by atoms with E-state index in [9.17, 15) is 9.59 Å². The van der Waals surface area contributed by atoms with E-state index in [1.807, 2.05) is 68.8 Å². The zero-order chi connectivity index (χ0) is 28.4. The molecule has 0 bridgehead atoms. The summed E-state index contributed by atoms with van der Waals surface area (Å²) in [6.07, 6.45) is 2.70. The molecule has 5 rings (SSSR count). The number of carbonyl (C=O) groups is 2. The predicted molar refractivity (Wildman–Crippen MR) is 154 cm³/mol. The number of likely N-dealkylation sites (tertiary alicyclic amines) is 1. The molecule has 1 atom stereocenters. The number of piperidine rings is 1. The molecule has 3 N–H and O–H groups in total. The third-order valence-electron chi connectivity index (χ3n) is 6.88. The quantitative estimate of drug-likeness (QED) is 0.368. The Morgan fingerprint density at radius 1 is 1.12 bits per heavy atom. The van der Waals surface area contributed by atoms with Crippen molar-refractivity contribution in [3.8, 4) is 11.3 Å². The van der Waals surface area contributed by atoms with Gasteiger partial charge in [0.15, 0.2) is 5.65 Å². The third-order valence-corrected chi connectivity index (χ3v) is 6.88. The molecule has 0 radical (unpaired) electrons. The maximum atomic E-state index is 13.0. The lowest BCUT2D eigenvalue weighted by atomic mass is 10.1. The Labute approximate surface area is 233 Å². The number of hydrogen-bond acceptors (Lipinski definition) is 7. The van der Waals surface area contributed by atoms with E-state index in [1.165, 1.54) is 11.9 Å². The first-order chi connectivity index (χ1) is 19.1. The second kappa shape index (κ2) is 11.0. The number of anilines is 1. The number of carbonyl (C=O) groups excluding carboxylic acids is 2. The lowest BCUT2D eigenvalue weighted by molar-refractivity contribution is 0.0169. The molecule has 1 saturated heterocycles. The van der Waals surface area contributed by atoms with E-state index in [1.54, 1.807) is 17.0 Å². The number of amides is 2. The van der Waals surface area contributed by atoms with Crippen molar-refractivity contribution in [2.45, 2.75) is 58.7 Å². The summed E-state index contributed by atoms with van der Waals surface area (Å²) in [6.45, 7) is 9.09. The van der Waals surface area contributed by atoms with Gasteiger partial charge in [-0.15, -0.1) is 0 Å². The molecule has 4 aromatic rings. The van der Waals surface area contributed by atoms with E-state index < -0.39 is 5.60 Å². The van der Waals surface area contributed by atoms with Gasteiger partial charge >= 0.3 is 6.09 Å². The molecule has 2 aromatic carbocycles. The number of nitrogens with zero attached hydrogens (tertiary/aromatic N) is 5. The summed E-state index contributed by atoms with van der Waals surface area (Å²) >= 11 is 0. The molecule has 2 aromatic heterocycles. The van der Waals surface area contributed by atoms with Crippen molar-refractivity contribution >= 4 is 28.9 Å². The third kappa shape index (κ3) is 5.90. The van der Waals surface area contributed by atoms with Gasteiger partial charge in [0.1, 0.15) is 23.4 Å². The van der Waals surface area contributed by atoms with Gasteiger partial charge in [0.2, 0.25) is 0 Å². The summed E-state index contributed by atoms with van der Waals surface area (Å²) in [4.78, 5) is 36.2. The van der Waals surface area contributed by atoms with Crippen LogP contribution in [0.3, 0.4) is 0 Å². The number of ether oxygens (including phenoxy) is 1. The van der Waals surface area contributed by atoms with E-state index in [4.69, 9.17) is 15.6 Å². The minimum absolute atomic E-state index is 0.118. The molecule has 10 heteroatoms. The number of aryl methyl sites for hydroxylation is 1. The van der Waals surface area contributed by atoms with Crippen LogP contribution < -0.4 is 11.1 Å². The summed E-state index contributed by atoms with van der Waals surface area (Å²) in [7, 11) is 0. The largest absolute Gasteiger partial charge is 0.444 e. The summed E-state index contributed by atoms with van der Waals surface area (Å²) in [6, 6.07) is 15.2. The van der Waals surface area contributed by atoms with Crippen LogP contribution in [-0.2, 0) is 11.3 Å². The first-order valence-electron chi connectivity index (χ1n) is 13.5. The molecule has 0 saturated carbocycles. The second-order valence-electron chi connectivity index (χ2n) is 11.2. The van der Waals surface area contributed by atoms with Crippen LogP contribution in [0.25, 0.3) is 22.3 Å². The Balaban J connectivity index is 1.43. The van der Waals surface area contributed by atoms with E-state index in [0.29, 0.717) is 47.7 Å². The fraction of sp³-hybridized carbons (Fsp3) is 0.367. The first-order valence-corrected chi connectivity index (χ1v) is 13.5. The van der Waals surface area contributed by atoms with Crippen molar-refractivity contribution in [3.63, 3.8) is 0 Å². The van der Waals surface area contributed by atoms with Crippen molar-refractivity contribution in [2.75, 3.05) is 18.8 Å². The standard InChI is InChI=1S/C30H35N7O3/c1-19-10-12-20(13-11-19)16-32-28(38)22-8-5-7-21(15-22)25-24-26(31)33-18-34-27(24)37(35-25)23-9-6-14-36(17-23)29(39)40-30(2,3)4/h5,7-8,10-13,15,18,23H,6,9,14,16-17H2,1-4H3,(H,32,38)(H2,31,33,34)/t23-/m1/s1. The zero-order valence-corrected chi connectivity index (χ0v) is 23.3. The van der Waals surface area contributed by atoms with Crippen LogP contribution in [0.1, 0.15) is 61.1 Å². The predicted octanol–water partition coefficient (Wildman–Crippen LogP) is 4.89. The van der Waals surface area contributed by atoms with Gasteiger partial charge in [0.25, 0.3) is 5.91 Å². The minimum atomic E-state index is -0.575. The summed E-state index contributed by atoms with van der Waals surface area (Å²) < 4.78 is 7.44. The van der Waals surface area contributed by atoms with Gasteiger partial charge < -0.3 is 20.7 Å². The molecular weight excluding hydrogens is 506 g/mol. The number of fused-ring (bicyclic) bond motifs is 1.